The average Bonchev–Trinajstić information content (AvgIpc) is 2.50. The minimum atomic E-state index is -0.357. The lowest BCUT2D eigenvalue weighted by Crippen LogP contribution is -2.30. The molecule has 0 aromatic carbocycles. The van der Waals surface area contributed by atoms with E-state index in [9.17, 15) is 4.79 Å². The molecule has 1 rings (SSSR count). The van der Waals surface area contributed by atoms with Gasteiger partial charge in [-0.3, -0.25) is 0 Å². The summed E-state index contributed by atoms with van der Waals surface area (Å²) in [6.45, 7) is 5.63. The Morgan fingerprint density at radius 3 is 2.83 bits per heavy atom. The fraction of sp³-hybridized carbons (Fsp3) is 0.889. The summed E-state index contributed by atoms with van der Waals surface area (Å²) in [7, 11) is 0. The van der Waals surface area contributed by atoms with Gasteiger partial charge < -0.3 is 14.3 Å². The normalized spacial score (nSPS) is 29.6. The molecule has 1 heterocycles. The minimum Gasteiger partial charge on any atom is -0.380 e. The van der Waals surface area contributed by atoms with Gasteiger partial charge >= 0.3 is 0 Å². The third kappa shape index (κ3) is 2.29. The highest BCUT2D eigenvalue weighted by atomic mass is 16.5. The predicted octanol–water partition coefficient (Wildman–Crippen LogP) is 1.02. The van der Waals surface area contributed by atoms with E-state index in [-0.39, 0.29) is 11.5 Å². The molecule has 1 aliphatic heterocycles. The Morgan fingerprint density at radius 2 is 2.42 bits per heavy atom. The summed E-state index contributed by atoms with van der Waals surface area (Å²) < 4.78 is 10.6. The third-order valence-corrected chi connectivity index (χ3v) is 2.09. The molecule has 0 saturated carbocycles. The molecule has 0 amide bonds. The van der Waals surface area contributed by atoms with Crippen molar-refractivity contribution in [3.8, 4) is 0 Å². The van der Waals surface area contributed by atoms with Gasteiger partial charge in [-0.05, 0) is 20.3 Å². The fourth-order valence-corrected chi connectivity index (χ4v) is 1.20. The van der Waals surface area contributed by atoms with Crippen molar-refractivity contribution in [2.45, 2.75) is 26.4 Å². The maximum absolute atomic E-state index is 10.8. The number of hydrogen-bond donors (Lipinski definition) is 0. The Bertz CT molecular complexity index is 148. The number of carbonyl (C=O) groups is 1. The average molecular weight is 172 g/mol. The van der Waals surface area contributed by atoms with Gasteiger partial charge in [0.1, 0.15) is 6.29 Å². The van der Waals surface area contributed by atoms with E-state index >= 15 is 0 Å². The number of carbonyl (C=O) groups excluding carboxylic acids is 1. The van der Waals surface area contributed by atoms with E-state index in [2.05, 4.69) is 0 Å². The van der Waals surface area contributed by atoms with Crippen LogP contribution in [0.3, 0.4) is 0 Å². The molecule has 3 heteroatoms. The second kappa shape index (κ2) is 4.01. The molecule has 70 valence electrons. The third-order valence-electron chi connectivity index (χ3n) is 2.09. The Kier molecular flexibility index (Phi) is 3.23. The van der Waals surface area contributed by atoms with Gasteiger partial charge in [-0.2, -0.15) is 0 Å². The summed E-state index contributed by atoms with van der Waals surface area (Å²) in [6, 6.07) is 0. The lowest BCUT2D eigenvalue weighted by molar-refractivity contribution is -0.120. The number of rotatable bonds is 4. The van der Waals surface area contributed by atoms with Gasteiger partial charge in [-0.15, -0.1) is 0 Å². The maximum atomic E-state index is 10.8. The van der Waals surface area contributed by atoms with Crippen LogP contribution in [-0.2, 0) is 14.3 Å². The first-order valence-electron chi connectivity index (χ1n) is 4.34. The number of hydrogen-bond acceptors (Lipinski definition) is 3. The largest absolute Gasteiger partial charge is 0.380 e. The lowest BCUT2D eigenvalue weighted by Gasteiger charge is -2.21. The van der Waals surface area contributed by atoms with E-state index in [1.54, 1.807) is 0 Å². The quantitative estimate of drug-likeness (QED) is 0.594. The van der Waals surface area contributed by atoms with Crippen LogP contribution in [0.4, 0.5) is 0 Å². The summed E-state index contributed by atoms with van der Waals surface area (Å²) in [5.74, 6) is 0. The van der Waals surface area contributed by atoms with Crippen LogP contribution < -0.4 is 0 Å². The molecule has 1 saturated heterocycles. The van der Waals surface area contributed by atoms with Crippen LogP contribution in [0.2, 0.25) is 0 Å². The van der Waals surface area contributed by atoms with E-state index < -0.39 is 0 Å². The minimum absolute atomic E-state index is 0.183. The van der Waals surface area contributed by atoms with Crippen molar-refractivity contribution in [3.05, 3.63) is 0 Å². The van der Waals surface area contributed by atoms with E-state index in [0.717, 1.165) is 12.7 Å². The van der Waals surface area contributed by atoms with Gasteiger partial charge in [0.25, 0.3) is 0 Å². The molecule has 3 nitrogen and oxygen atoms in total. The Hall–Kier alpha value is -0.410. The highest BCUT2D eigenvalue weighted by Crippen LogP contribution is 2.26. The summed E-state index contributed by atoms with van der Waals surface area (Å²) in [6.07, 6.45) is 1.95. The molecular formula is C9H16O3. The molecule has 0 bridgehead atoms. The van der Waals surface area contributed by atoms with E-state index in [1.165, 1.54) is 0 Å². The van der Waals surface area contributed by atoms with Crippen LogP contribution in [0, 0.1) is 5.41 Å². The first kappa shape index (κ1) is 9.68. The van der Waals surface area contributed by atoms with Gasteiger partial charge in [0.2, 0.25) is 0 Å². The summed E-state index contributed by atoms with van der Waals surface area (Å²) in [5, 5.41) is 0. The molecule has 0 spiro atoms. The van der Waals surface area contributed by atoms with Crippen molar-refractivity contribution in [1.82, 2.24) is 0 Å². The molecule has 0 aromatic heterocycles. The SMILES string of the molecule is CC(C)OCC1(C=O)CCOC1. The second-order valence-electron chi connectivity index (χ2n) is 3.64. The molecule has 1 aliphatic rings. The Labute approximate surface area is 73.0 Å². The number of aldehydes is 1. The van der Waals surface area contributed by atoms with E-state index in [4.69, 9.17) is 9.47 Å². The van der Waals surface area contributed by atoms with Crippen LogP contribution >= 0.6 is 0 Å². The van der Waals surface area contributed by atoms with Crippen LogP contribution in [0.25, 0.3) is 0 Å². The Balaban J connectivity index is 2.39. The van der Waals surface area contributed by atoms with Gasteiger partial charge in [-0.1, -0.05) is 0 Å². The molecule has 12 heavy (non-hydrogen) atoms. The molecule has 0 aromatic rings. The maximum Gasteiger partial charge on any atom is 0.130 e. The summed E-state index contributed by atoms with van der Waals surface area (Å²) >= 11 is 0. The van der Waals surface area contributed by atoms with Crippen molar-refractivity contribution in [1.29, 1.82) is 0 Å². The smallest absolute Gasteiger partial charge is 0.130 e. The Morgan fingerprint density at radius 1 is 1.67 bits per heavy atom. The van der Waals surface area contributed by atoms with Crippen LogP contribution in [0.15, 0.2) is 0 Å². The zero-order valence-electron chi connectivity index (χ0n) is 7.71. The molecule has 1 atom stereocenters. The first-order chi connectivity index (χ1) is 5.68. The van der Waals surface area contributed by atoms with Crippen molar-refractivity contribution >= 4 is 6.29 Å². The van der Waals surface area contributed by atoms with E-state index in [0.29, 0.717) is 19.8 Å². The first-order valence-corrected chi connectivity index (χ1v) is 4.34. The molecule has 0 N–H and O–H groups in total. The van der Waals surface area contributed by atoms with Crippen LogP contribution in [0.5, 0.6) is 0 Å². The second-order valence-corrected chi connectivity index (χ2v) is 3.64. The summed E-state index contributed by atoms with van der Waals surface area (Å²) in [5.41, 5.74) is -0.357. The summed E-state index contributed by atoms with van der Waals surface area (Å²) in [4.78, 5) is 10.8. The highest BCUT2D eigenvalue weighted by molar-refractivity contribution is 5.60. The van der Waals surface area contributed by atoms with Crippen molar-refractivity contribution in [3.63, 3.8) is 0 Å². The van der Waals surface area contributed by atoms with Gasteiger partial charge in [-0.25, -0.2) is 0 Å². The monoisotopic (exact) mass is 172 g/mol. The van der Waals surface area contributed by atoms with Gasteiger partial charge in [0, 0.05) is 6.61 Å². The number of ether oxygens (including phenoxy) is 2. The molecule has 0 aliphatic carbocycles. The van der Waals surface area contributed by atoms with Gasteiger partial charge in [0.15, 0.2) is 0 Å². The molecule has 1 unspecified atom stereocenters. The van der Waals surface area contributed by atoms with Crippen molar-refractivity contribution < 1.29 is 14.3 Å². The highest BCUT2D eigenvalue weighted by Gasteiger charge is 2.35. The molecule has 1 fully saturated rings. The predicted molar refractivity (Wildman–Crippen MR) is 45.0 cm³/mol. The molecular weight excluding hydrogens is 156 g/mol. The van der Waals surface area contributed by atoms with Crippen LogP contribution in [0.1, 0.15) is 20.3 Å². The van der Waals surface area contributed by atoms with E-state index in [1.807, 2.05) is 13.8 Å². The fourth-order valence-electron chi connectivity index (χ4n) is 1.20. The van der Waals surface area contributed by atoms with Crippen molar-refractivity contribution in [2.24, 2.45) is 5.41 Å². The standard InChI is InChI=1S/C9H16O3/c1-8(2)12-7-9(5-10)3-4-11-6-9/h5,8H,3-4,6-7H2,1-2H3. The zero-order valence-corrected chi connectivity index (χ0v) is 7.71. The zero-order chi connectivity index (χ0) is 9.03. The topological polar surface area (TPSA) is 35.5 Å². The molecule has 0 radical (unpaired) electrons. The van der Waals surface area contributed by atoms with Crippen molar-refractivity contribution in [2.75, 3.05) is 19.8 Å². The van der Waals surface area contributed by atoms with Gasteiger partial charge in [0.05, 0.1) is 24.7 Å². The van der Waals surface area contributed by atoms with Crippen LogP contribution in [-0.4, -0.2) is 32.2 Å². The lowest BCUT2D eigenvalue weighted by atomic mass is 9.90.